The minimum atomic E-state index is -0.135. The van der Waals surface area contributed by atoms with Crippen LogP contribution in [0.1, 0.15) is 156 Å². The van der Waals surface area contributed by atoms with E-state index in [1.165, 1.54) is 83.5 Å². The zero-order valence-corrected chi connectivity index (χ0v) is 22.5. The zero-order chi connectivity index (χ0) is 24.4. The fraction of sp³-hybridized carbons (Fsp3) is 0.931. The van der Waals surface area contributed by atoms with E-state index in [1.54, 1.807) is 0 Å². The zero-order valence-electron chi connectivity index (χ0n) is 22.5. The van der Waals surface area contributed by atoms with Crippen LogP contribution < -0.4 is 0 Å². The van der Waals surface area contributed by atoms with Gasteiger partial charge in [-0.15, -0.1) is 0 Å². The molecule has 4 nitrogen and oxygen atoms in total. The third-order valence-corrected chi connectivity index (χ3v) is 6.21. The maximum atomic E-state index is 11.8. The van der Waals surface area contributed by atoms with E-state index in [1.807, 2.05) is 0 Å². The van der Waals surface area contributed by atoms with E-state index < -0.39 is 0 Å². The van der Waals surface area contributed by atoms with Crippen molar-refractivity contribution in [3.05, 3.63) is 0 Å². The van der Waals surface area contributed by atoms with Gasteiger partial charge >= 0.3 is 11.9 Å². The summed E-state index contributed by atoms with van der Waals surface area (Å²) in [6, 6.07) is 0. The highest BCUT2D eigenvalue weighted by Crippen LogP contribution is 2.12. The second-order valence-corrected chi connectivity index (χ2v) is 10.1. The molecule has 0 aliphatic rings. The molecule has 0 amide bonds. The van der Waals surface area contributed by atoms with Crippen LogP contribution in [-0.4, -0.2) is 25.2 Å². The molecule has 0 spiro atoms. The first-order chi connectivity index (χ1) is 16.1. The lowest BCUT2D eigenvalue weighted by Gasteiger charge is -2.07. The van der Waals surface area contributed by atoms with Gasteiger partial charge in [-0.25, -0.2) is 0 Å². The molecule has 0 aromatic heterocycles. The number of carbonyl (C=O) groups excluding carboxylic acids is 2. The topological polar surface area (TPSA) is 52.6 Å². The fourth-order valence-electron chi connectivity index (χ4n) is 4.01. The molecule has 0 radical (unpaired) electrons. The van der Waals surface area contributed by atoms with Gasteiger partial charge in [-0.1, -0.05) is 117 Å². The van der Waals surface area contributed by atoms with E-state index in [-0.39, 0.29) is 11.9 Å². The predicted molar refractivity (Wildman–Crippen MR) is 139 cm³/mol. The van der Waals surface area contributed by atoms with Gasteiger partial charge in [-0.05, 0) is 31.6 Å². The van der Waals surface area contributed by atoms with Crippen molar-refractivity contribution in [1.29, 1.82) is 0 Å². The fourth-order valence-corrected chi connectivity index (χ4v) is 4.01. The van der Waals surface area contributed by atoms with E-state index in [0.29, 0.717) is 38.9 Å². The van der Waals surface area contributed by atoms with Crippen molar-refractivity contribution in [2.75, 3.05) is 13.2 Å². The molecule has 196 valence electrons. The van der Waals surface area contributed by atoms with Crippen molar-refractivity contribution in [3.8, 4) is 0 Å². The van der Waals surface area contributed by atoms with Crippen molar-refractivity contribution < 1.29 is 19.1 Å². The molecule has 0 N–H and O–H groups in total. The maximum Gasteiger partial charge on any atom is 0.305 e. The Hall–Kier alpha value is -1.06. The molecule has 0 aliphatic heterocycles. The predicted octanol–water partition coefficient (Wildman–Crippen LogP) is 8.94. The van der Waals surface area contributed by atoms with Crippen LogP contribution in [0.4, 0.5) is 0 Å². The van der Waals surface area contributed by atoms with Crippen LogP contribution in [0.25, 0.3) is 0 Å². The molecule has 0 fully saturated rings. The average Bonchev–Trinajstić information content (AvgIpc) is 2.79. The Labute approximate surface area is 206 Å². The SMILES string of the molecule is CCCCCCCCCCCCCOC(=O)CCCCC(=O)OCCCCCCCC(C)C. The standard InChI is InChI=1S/C29H56O4/c1-4-5-6-7-8-9-10-11-12-15-20-25-32-28(30)23-18-19-24-29(31)33-26-21-16-13-14-17-22-27(2)3/h27H,4-26H2,1-3H3. The van der Waals surface area contributed by atoms with Crippen LogP contribution >= 0.6 is 0 Å². The van der Waals surface area contributed by atoms with Crippen LogP contribution in [0.5, 0.6) is 0 Å². The number of rotatable bonds is 25. The molecule has 0 aromatic rings. The molecule has 4 heteroatoms. The molecular weight excluding hydrogens is 412 g/mol. The molecule has 0 heterocycles. The third kappa shape index (κ3) is 27.1. The minimum absolute atomic E-state index is 0.132. The highest BCUT2D eigenvalue weighted by molar-refractivity contribution is 5.70. The van der Waals surface area contributed by atoms with Crippen molar-refractivity contribution >= 4 is 11.9 Å². The molecule has 0 saturated heterocycles. The van der Waals surface area contributed by atoms with E-state index in [9.17, 15) is 9.59 Å². The summed E-state index contributed by atoms with van der Waals surface area (Å²) in [7, 11) is 0. The van der Waals surface area contributed by atoms with Crippen LogP contribution in [0.15, 0.2) is 0 Å². The van der Waals surface area contributed by atoms with Crippen LogP contribution in [-0.2, 0) is 19.1 Å². The Morgan fingerprint density at radius 2 is 0.879 bits per heavy atom. The summed E-state index contributed by atoms with van der Waals surface area (Å²) in [5.74, 6) is 0.527. The summed E-state index contributed by atoms with van der Waals surface area (Å²) < 4.78 is 10.6. The molecule has 0 unspecified atom stereocenters. The van der Waals surface area contributed by atoms with E-state index >= 15 is 0 Å². The van der Waals surface area contributed by atoms with Gasteiger partial charge in [0, 0.05) is 12.8 Å². The van der Waals surface area contributed by atoms with Crippen molar-refractivity contribution in [3.63, 3.8) is 0 Å². The summed E-state index contributed by atoms with van der Waals surface area (Å²) in [5, 5.41) is 0. The normalized spacial score (nSPS) is 11.2. The van der Waals surface area contributed by atoms with Crippen LogP contribution in [0.2, 0.25) is 0 Å². The summed E-state index contributed by atoms with van der Waals surface area (Å²) in [6.07, 6.45) is 23.6. The van der Waals surface area contributed by atoms with Gasteiger partial charge in [-0.3, -0.25) is 9.59 Å². The second kappa shape index (κ2) is 25.6. The largest absolute Gasteiger partial charge is 0.466 e. The summed E-state index contributed by atoms with van der Waals surface area (Å²) in [5.41, 5.74) is 0. The molecule has 0 aliphatic carbocycles. The van der Waals surface area contributed by atoms with Crippen LogP contribution in [0.3, 0.4) is 0 Å². The van der Waals surface area contributed by atoms with Gasteiger partial charge in [0.05, 0.1) is 13.2 Å². The first-order valence-corrected chi connectivity index (χ1v) is 14.4. The van der Waals surface area contributed by atoms with Crippen molar-refractivity contribution in [1.82, 2.24) is 0 Å². The Morgan fingerprint density at radius 1 is 0.515 bits per heavy atom. The molecule has 0 aromatic carbocycles. The van der Waals surface area contributed by atoms with E-state index in [4.69, 9.17) is 9.47 Å². The number of hydrogen-bond donors (Lipinski definition) is 0. The second-order valence-electron chi connectivity index (χ2n) is 10.1. The van der Waals surface area contributed by atoms with Crippen molar-refractivity contribution in [2.45, 2.75) is 156 Å². The summed E-state index contributed by atoms with van der Waals surface area (Å²) >= 11 is 0. The average molecular weight is 469 g/mol. The Bertz CT molecular complexity index is 433. The van der Waals surface area contributed by atoms with Gasteiger partial charge in [0.1, 0.15) is 0 Å². The third-order valence-electron chi connectivity index (χ3n) is 6.21. The van der Waals surface area contributed by atoms with Crippen LogP contribution in [0, 0.1) is 5.92 Å². The van der Waals surface area contributed by atoms with E-state index in [2.05, 4.69) is 20.8 Å². The van der Waals surface area contributed by atoms with E-state index in [0.717, 1.165) is 31.6 Å². The number of unbranched alkanes of at least 4 members (excludes halogenated alkanes) is 15. The first kappa shape index (κ1) is 31.9. The van der Waals surface area contributed by atoms with Gasteiger partial charge in [0.25, 0.3) is 0 Å². The number of esters is 2. The molecule has 0 atom stereocenters. The monoisotopic (exact) mass is 468 g/mol. The number of ether oxygens (including phenoxy) is 2. The van der Waals surface area contributed by atoms with Gasteiger partial charge in [0.2, 0.25) is 0 Å². The first-order valence-electron chi connectivity index (χ1n) is 14.4. The smallest absolute Gasteiger partial charge is 0.305 e. The highest BCUT2D eigenvalue weighted by Gasteiger charge is 2.06. The highest BCUT2D eigenvalue weighted by atomic mass is 16.5. The quantitative estimate of drug-likeness (QED) is 0.0991. The lowest BCUT2D eigenvalue weighted by Crippen LogP contribution is -2.08. The Morgan fingerprint density at radius 3 is 1.27 bits per heavy atom. The molecular formula is C29H56O4. The van der Waals surface area contributed by atoms with Gasteiger partial charge in [0.15, 0.2) is 0 Å². The summed E-state index contributed by atoms with van der Waals surface area (Å²) in [4.78, 5) is 23.5. The lowest BCUT2D eigenvalue weighted by molar-refractivity contribution is -0.146. The molecule has 33 heavy (non-hydrogen) atoms. The Balaban J connectivity index is 3.29. The Kier molecular flexibility index (Phi) is 24.7. The van der Waals surface area contributed by atoms with Gasteiger partial charge < -0.3 is 9.47 Å². The van der Waals surface area contributed by atoms with Crippen molar-refractivity contribution in [2.24, 2.45) is 5.92 Å². The lowest BCUT2D eigenvalue weighted by atomic mass is 10.0. The maximum absolute atomic E-state index is 11.8. The summed E-state index contributed by atoms with van der Waals surface area (Å²) in [6.45, 7) is 7.86. The minimum Gasteiger partial charge on any atom is -0.466 e. The molecule has 0 saturated carbocycles. The number of carbonyl (C=O) groups is 2. The molecule has 0 rings (SSSR count). The number of hydrogen-bond acceptors (Lipinski definition) is 4. The molecule has 0 bridgehead atoms. The van der Waals surface area contributed by atoms with Gasteiger partial charge in [-0.2, -0.15) is 0 Å².